The van der Waals surface area contributed by atoms with Crippen molar-refractivity contribution in [3.8, 4) is 0 Å². The van der Waals surface area contributed by atoms with Gasteiger partial charge in [0.25, 0.3) is 0 Å². The van der Waals surface area contributed by atoms with Gasteiger partial charge in [-0.2, -0.15) is 0 Å². The van der Waals surface area contributed by atoms with Crippen LogP contribution in [0.3, 0.4) is 0 Å². The van der Waals surface area contributed by atoms with Gasteiger partial charge in [0.05, 0.1) is 18.8 Å². The van der Waals surface area contributed by atoms with Crippen molar-refractivity contribution in [3.63, 3.8) is 0 Å². The second kappa shape index (κ2) is 7.53. The van der Waals surface area contributed by atoms with Crippen LogP contribution in [0.25, 0.3) is 0 Å². The van der Waals surface area contributed by atoms with Crippen molar-refractivity contribution >= 4 is 17.6 Å². The Morgan fingerprint density at radius 1 is 1.39 bits per heavy atom. The van der Waals surface area contributed by atoms with Crippen LogP contribution < -0.4 is 10.6 Å². The number of benzene rings is 1. The summed E-state index contributed by atoms with van der Waals surface area (Å²) in [6.07, 6.45) is 2.21. The zero-order valence-corrected chi connectivity index (χ0v) is 13.9. The van der Waals surface area contributed by atoms with Crippen molar-refractivity contribution in [3.05, 3.63) is 59.0 Å². The van der Waals surface area contributed by atoms with E-state index in [0.29, 0.717) is 10.8 Å². The van der Waals surface area contributed by atoms with Crippen LogP contribution in [-0.4, -0.2) is 17.7 Å². The van der Waals surface area contributed by atoms with E-state index in [1.807, 2.05) is 25.1 Å². The Hall–Kier alpha value is -1.98. The number of aliphatic hydroxyl groups is 1. The van der Waals surface area contributed by atoms with Gasteiger partial charge in [-0.1, -0.05) is 30.7 Å². The molecule has 124 valence electrons. The lowest BCUT2D eigenvalue weighted by atomic mass is 10.0. The number of nitrogens with one attached hydrogen (secondary N) is 2. The number of furan rings is 1. The Kier molecular flexibility index (Phi) is 5.69. The lowest BCUT2D eigenvalue weighted by molar-refractivity contribution is 0.0366. The van der Waals surface area contributed by atoms with Crippen LogP contribution >= 0.6 is 11.6 Å². The summed E-state index contributed by atoms with van der Waals surface area (Å²) in [7, 11) is 0. The van der Waals surface area contributed by atoms with Gasteiger partial charge >= 0.3 is 6.03 Å². The van der Waals surface area contributed by atoms with E-state index >= 15 is 0 Å². The predicted octanol–water partition coefficient (Wildman–Crippen LogP) is 3.59. The maximum atomic E-state index is 12.1. The fourth-order valence-electron chi connectivity index (χ4n) is 2.28. The number of hydrogen-bond acceptors (Lipinski definition) is 3. The minimum absolute atomic E-state index is 0.0400. The van der Waals surface area contributed by atoms with Crippen LogP contribution in [0.1, 0.15) is 37.6 Å². The first kappa shape index (κ1) is 17.4. The molecule has 23 heavy (non-hydrogen) atoms. The van der Waals surface area contributed by atoms with Crippen LogP contribution in [0, 0.1) is 0 Å². The summed E-state index contributed by atoms with van der Waals surface area (Å²) in [6.45, 7) is 3.60. The highest BCUT2D eigenvalue weighted by atomic mass is 35.5. The third-order valence-corrected chi connectivity index (χ3v) is 3.84. The van der Waals surface area contributed by atoms with Crippen LogP contribution in [0.5, 0.6) is 0 Å². The lowest BCUT2D eigenvalue weighted by Gasteiger charge is -2.23. The highest BCUT2D eigenvalue weighted by Gasteiger charge is 2.27. The molecule has 0 spiro atoms. The summed E-state index contributed by atoms with van der Waals surface area (Å²) in [5, 5.41) is 16.5. The Morgan fingerprint density at radius 2 is 2.17 bits per heavy atom. The van der Waals surface area contributed by atoms with Gasteiger partial charge < -0.3 is 20.2 Å². The normalized spacial score (nSPS) is 14.8. The number of carbonyl (C=O) groups excluding carboxylic acids is 1. The molecule has 0 fully saturated rings. The molecule has 2 atom stereocenters. The topological polar surface area (TPSA) is 74.5 Å². The molecule has 3 N–H and O–H groups in total. The molecule has 5 nitrogen and oxygen atoms in total. The van der Waals surface area contributed by atoms with Crippen LogP contribution in [0.2, 0.25) is 5.02 Å². The van der Waals surface area contributed by atoms with Gasteiger partial charge in [-0.05, 0) is 43.2 Å². The second-order valence-electron chi connectivity index (χ2n) is 5.59. The summed E-state index contributed by atoms with van der Waals surface area (Å²) >= 11 is 5.99. The van der Waals surface area contributed by atoms with Gasteiger partial charge in [-0.3, -0.25) is 0 Å². The number of rotatable bonds is 6. The molecule has 0 aliphatic heterocycles. The van der Waals surface area contributed by atoms with E-state index in [-0.39, 0.29) is 18.6 Å². The predicted molar refractivity (Wildman–Crippen MR) is 89.3 cm³/mol. The van der Waals surface area contributed by atoms with E-state index in [0.717, 1.165) is 12.0 Å². The van der Waals surface area contributed by atoms with E-state index in [9.17, 15) is 9.90 Å². The molecule has 1 heterocycles. The van der Waals surface area contributed by atoms with Crippen LogP contribution in [0.4, 0.5) is 4.79 Å². The Morgan fingerprint density at radius 3 is 2.78 bits per heavy atom. The number of carbonyl (C=O) groups is 1. The van der Waals surface area contributed by atoms with Gasteiger partial charge in [0.2, 0.25) is 0 Å². The lowest BCUT2D eigenvalue weighted by Crippen LogP contribution is -2.44. The van der Waals surface area contributed by atoms with Crippen molar-refractivity contribution in [2.45, 2.75) is 31.9 Å². The van der Waals surface area contributed by atoms with Gasteiger partial charge in [0.1, 0.15) is 11.4 Å². The minimum Gasteiger partial charge on any atom is -0.466 e. The fourth-order valence-corrected chi connectivity index (χ4v) is 2.48. The van der Waals surface area contributed by atoms with Gasteiger partial charge in [0.15, 0.2) is 0 Å². The van der Waals surface area contributed by atoms with E-state index in [2.05, 4.69) is 10.6 Å². The van der Waals surface area contributed by atoms with Crippen molar-refractivity contribution in [1.82, 2.24) is 10.6 Å². The fraction of sp³-hybridized carbons (Fsp3) is 0.353. The van der Waals surface area contributed by atoms with Crippen molar-refractivity contribution in [2.24, 2.45) is 0 Å². The summed E-state index contributed by atoms with van der Waals surface area (Å²) in [4.78, 5) is 12.1. The molecule has 1 aromatic carbocycles. The Balaban J connectivity index is 1.93. The molecule has 0 aliphatic rings. The maximum Gasteiger partial charge on any atom is 0.315 e. The minimum atomic E-state index is -1.27. The molecule has 0 aliphatic carbocycles. The molecular formula is C17H21ClN2O3. The molecule has 0 radical (unpaired) electrons. The molecule has 0 bridgehead atoms. The summed E-state index contributed by atoms with van der Waals surface area (Å²) in [5.74, 6) is 0.402. The first-order valence-electron chi connectivity index (χ1n) is 7.48. The standard InChI is InChI=1S/C17H21ClN2O3/c1-3-14(12-6-4-7-13(18)10-12)20-16(21)19-11-17(2,22)15-8-5-9-23-15/h4-10,14,22H,3,11H2,1-2H3,(H2,19,20,21). The van der Waals surface area contributed by atoms with Crippen LogP contribution in [-0.2, 0) is 5.60 Å². The molecular weight excluding hydrogens is 316 g/mol. The van der Waals surface area contributed by atoms with Crippen molar-refractivity contribution in [1.29, 1.82) is 0 Å². The SMILES string of the molecule is CCC(NC(=O)NCC(C)(O)c1ccco1)c1cccc(Cl)c1. The number of urea groups is 1. The first-order valence-corrected chi connectivity index (χ1v) is 7.86. The average Bonchev–Trinajstić information content (AvgIpc) is 3.06. The van der Waals surface area contributed by atoms with E-state index < -0.39 is 5.60 Å². The van der Waals surface area contributed by atoms with E-state index in [4.69, 9.17) is 16.0 Å². The number of halogens is 1. The molecule has 6 heteroatoms. The molecule has 2 amide bonds. The van der Waals surface area contributed by atoms with Crippen molar-refractivity contribution < 1.29 is 14.3 Å². The molecule has 2 rings (SSSR count). The summed E-state index contributed by atoms with van der Waals surface area (Å²) in [6, 6.07) is 10.2. The highest BCUT2D eigenvalue weighted by Crippen LogP contribution is 2.21. The molecule has 0 saturated heterocycles. The van der Waals surface area contributed by atoms with Gasteiger partial charge in [0, 0.05) is 5.02 Å². The zero-order chi connectivity index (χ0) is 16.9. The second-order valence-corrected chi connectivity index (χ2v) is 6.03. The Bertz CT molecular complexity index is 641. The monoisotopic (exact) mass is 336 g/mol. The van der Waals surface area contributed by atoms with Crippen LogP contribution in [0.15, 0.2) is 47.1 Å². The molecule has 0 saturated carbocycles. The Labute approximate surface area is 140 Å². The zero-order valence-electron chi connectivity index (χ0n) is 13.2. The third-order valence-electron chi connectivity index (χ3n) is 3.61. The highest BCUT2D eigenvalue weighted by molar-refractivity contribution is 6.30. The summed E-state index contributed by atoms with van der Waals surface area (Å²) in [5.41, 5.74) is -0.327. The average molecular weight is 337 g/mol. The number of hydrogen-bond donors (Lipinski definition) is 3. The van der Waals surface area contributed by atoms with Gasteiger partial charge in [-0.25, -0.2) is 4.79 Å². The molecule has 2 unspecified atom stereocenters. The maximum absolute atomic E-state index is 12.1. The smallest absolute Gasteiger partial charge is 0.315 e. The third kappa shape index (κ3) is 4.74. The quantitative estimate of drug-likeness (QED) is 0.754. The molecule has 1 aromatic heterocycles. The van der Waals surface area contributed by atoms with Crippen molar-refractivity contribution in [2.75, 3.05) is 6.54 Å². The molecule has 2 aromatic rings. The van der Waals surface area contributed by atoms with E-state index in [1.165, 1.54) is 6.26 Å². The van der Waals surface area contributed by atoms with Gasteiger partial charge in [-0.15, -0.1) is 0 Å². The largest absolute Gasteiger partial charge is 0.466 e. The summed E-state index contributed by atoms with van der Waals surface area (Å²) < 4.78 is 5.18. The van der Waals surface area contributed by atoms with E-state index in [1.54, 1.807) is 25.1 Å². The number of amides is 2. The first-order chi connectivity index (χ1) is 10.9.